The number of methoxy groups -OCH3 is 2. The van der Waals surface area contributed by atoms with Gasteiger partial charge >= 0.3 is 5.97 Å². The van der Waals surface area contributed by atoms with Crippen LogP contribution in [0.1, 0.15) is 16.1 Å². The maximum atomic E-state index is 13.8. The van der Waals surface area contributed by atoms with Crippen molar-refractivity contribution in [3.05, 3.63) is 49.8 Å². The Kier molecular flexibility index (Phi) is 4.09. The summed E-state index contributed by atoms with van der Waals surface area (Å²) in [7, 11) is 2.72. The molecule has 120 valence electrons. The Morgan fingerprint density at radius 3 is 2.78 bits per heavy atom. The third kappa shape index (κ3) is 2.41. The molecular formula is C15H11ClFNO4S. The van der Waals surface area contributed by atoms with Gasteiger partial charge in [0.1, 0.15) is 16.2 Å². The summed E-state index contributed by atoms with van der Waals surface area (Å²) in [5.41, 5.74) is 0.407. The second-order valence-electron chi connectivity index (χ2n) is 4.78. The van der Waals surface area contributed by atoms with E-state index in [2.05, 4.69) is 0 Å². The topological polar surface area (TPSA) is 57.0 Å². The van der Waals surface area contributed by atoms with Gasteiger partial charge in [-0.2, -0.15) is 0 Å². The van der Waals surface area contributed by atoms with Crippen molar-refractivity contribution in [1.82, 2.24) is 4.40 Å². The number of hydrogen-bond acceptors (Lipinski definition) is 5. The smallest absolute Gasteiger partial charge is 0.344 e. The molecule has 0 aliphatic rings. The number of hydrogen-bond donors (Lipinski definition) is 0. The first-order valence-corrected chi connectivity index (χ1v) is 7.76. The van der Waals surface area contributed by atoms with Gasteiger partial charge in [-0.05, 0) is 12.1 Å². The van der Waals surface area contributed by atoms with Crippen LogP contribution in [0.15, 0.2) is 22.3 Å². The summed E-state index contributed by atoms with van der Waals surface area (Å²) >= 11 is 7.07. The maximum absolute atomic E-state index is 13.8. The van der Waals surface area contributed by atoms with E-state index in [1.165, 1.54) is 31.6 Å². The molecule has 23 heavy (non-hydrogen) atoms. The van der Waals surface area contributed by atoms with Crippen molar-refractivity contribution in [1.29, 1.82) is 0 Å². The highest BCUT2D eigenvalue weighted by Crippen LogP contribution is 2.28. The minimum absolute atomic E-state index is 0.0561. The van der Waals surface area contributed by atoms with Crippen LogP contribution in [0.2, 0.25) is 5.02 Å². The average Bonchev–Trinajstić information content (AvgIpc) is 2.93. The van der Waals surface area contributed by atoms with E-state index in [9.17, 15) is 14.0 Å². The number of ether oxygens (including phenoxy) is 2. The molecule has 5 nitrogen and oxygen atoms in total. The minimum Gasteiger partial charge on any atom is -0.465 e. The van der Waals surface area contributed by atoms with Crippen molar-refractivity contribution < 1.29 is 18.7 Å². The third-order valence-electron chi connectivity index (χ3n) is 3.44. The molecule has 0 fully saturated rings. The SMILES string of the molecule is COCc1csc2c(C(=O)OC)c(=O)c3cc(F)c(Cl)cc3n12. The molecule has 3 rings (SSSR count). The molecule has 0 unspecified atom stereocenters. The number of halogens is 2. The number of thiazole rings is 1. The average molecular weight is 356 g/mol. The molecule has 0 N–H and O–H groups in total. The first kappa shape index (κ1) is 15.9. The number of nitrogens with zero attached hydrogens (tertiary/aromatic N) is 1. The number of fused-ring (bicyclic) bond motifs is 3. The molecule has 0 amide bonds. The molecule has 0 aliphatic heterocycles. The Balaban J connectivity index is 2.58. The van der Waals surface area contributed by atoms with Gasteiger partial charge in [0.15, 0.2) is 0 Å². The van der Waals surface area contributed by atoms with Gasteiger partial charge in [0.2, 0.25) is 5.43 Å². The third-order valence-corrected chi connectivity index (χ3v) is 4.73. The zero-order chi connectivity index (χ0) is 16.7. The van der Waals surface area contributed by atoms with Crippen LogP contribution < -0.4 is 5.43 Å². The van der Waals surface area contributed by atoms with E-state index in [0.717, 1.165) is 6.07 Å². The monoisotopic (exact) mass is 355 g/mol. The van der Waals surface area contributed by atoms with Crippen molar-refractivity contribution in [2.75, 3.05) is 14.2 Å². The highest BCUT2D eigenvalue weighted by Gasteiger charge is 2.23. The molecule has 0 saturated heterocycles. The van der Waals surface area contributed by atoms with Crippen LogP contribution in [-0.2, 0) is 16.1 Å². The van der Waals surface area contributed by atoms with Crippen molar-refractivity contribution >= 4 is 44.6 Å². The zero-order valence-corrected chi connectivity index (χ0v) is 13.8. The summed E-state index contributed by atoms with van der Waals surface area (Å²) in [5, 5.41) is 1.72. The summed E-state index contributed by atoms with van der Waals surface area (Å²) in [4.78, 5) is 25.1. The highest BCUT2D eigenvalue weighted by molar-refractivity contribution is 7.16. The van der Waals surface area contributed by atoms with Crippen LogP contribution in [0, 0.1) is 5.82 Å². The Morgan fingerprint density at radius 1 is 1.39 bits per heavy atom. The zero-order valence-electron chi connectivity index (χ0n) is 12.2. The fourth-order valence-corrected chi connectivity index (χ4v) is 3.65. The Bertz CT molecular complexity index is 995. The van der Waals surface area contributed by atoms with Gasteiger partial charge in [0.05, 0.1) is 35.3 Å². The first-order chi connectivity index (χ1) is 11.0. The second kappa shape index (κ2) is 5.92. The number of carbonyl (C=O) groups excluding carboxylic acids is 1. The Hall–Kier alpha value is -1.96. The van der Waals surface area contributed by atoms with Crippen molar-refractivity contribution in [3.63, 3.8) is 0 Å². The van der Waals surface area contributed by atoms with Gasteiger partial charge in [0.25, 0.3) is 0 Å². The fourth-order valence-electron chi connectivity index (χ4n) is 2.46. The van der Waals surface area contributed by atoms with E-state index >= 15 is 0 Å². The van der Waals surface area contributed by atoms with Crippen molar-refractivity contribution in [2.24, 2.45) is 0 Å². The van der Waals surface area contributed by atoms with E-state index in [0.29, 0.717) is 16.0 Å². The molecule has 8 heteroatoms. The number of esters is 1. The standard InChI is InChI=1S/C15H11ClFNO4S/c1-21-5-7-6-23-14-12(15(20)22-2)13(19)8-3-10(17)9(16)4-11(8)18(7)14/h3-4,6H,5H2,1-2H3. The summed E-state index contributed by atoms with van der Waals surface area (Å²) in [6, 6.07) is 2.40. The molecule has 0 bridgehead atoms. The molecule has 2 heterocycles. The van der Waals surface area contributed by atoms with Gasteiger partial charge < -0.3 is 13.9 Å². The van der Waals surface area contributed by atoms with E-state index in [4.69, 9.17) is 21.1 Å². The highest BCUT2D eigenvalue weighted by atomic mass is 35.5. The lowest BCUT2D eigenvalue weighted by Crippen LogP contribution is -2.19. The molecule has 0 saturated carbocycles. The molecule has 3 aromatic rings. The fraction of sp³-hybridized carbons (Fsp3) is 0.200. The number of rotatable bonds is 3. The lowest BCUT2D eigenvalue weighted by atomic mass is 10.1. The summed E-state index contributed by atoms with van der Waals surface area (Å²) < 4.78 is 25.3. The predicted molar refractivity (Wildman–Crippen MR) is 86.1 cm³/mol. The largest absolute Gasteiger partial charge is 0.465 e. The normalized spacial score (nSPS) is 11.3. The lowest BCUT2D eigenvalue weighted by Gasteiger charge is -2.10. The number of pyridine rings is 1. The second-order valence-corrected chi connectivity index (χ2v) is 6.05. The maximum Gasteiger partial charge on any atom is 0.344 e. The van der Waals surface area contributed by atoms with E-state index in [-0.39, 0.29) is 22.6 Å². The summed E-state index contributed by atoms with van der Waals surface area (Å²) in [6.45, 7) is 0.258. The van der Waals surface area contributed by atoms with Gasteiger partial charge in [0, 0.05) is 12.5 Å². The Labute approximate surface area is 138 Å². The van der Waals surface area contributed by atoms with Gasteiger partial charge in [-0.3, -0.25) is 4.79 Å². The summed E-state index contributed by atoms with van der Waals surface area (Å²) in [6.07, 6.45) is 0. The molecule has 0 spiro atoms. The number of benzene rings is 1. The van der Waals surface area contributed by atoms with Gasteiger partial charge in [-0.15, -0.1) is 11.3 Å². The van der Waals surface area contributed by atoms with E-state index < -0.39 is 17.2 Å². The number of carbonyl (C=O) groups is 1. The quantitative estimate of drug-likeness (QED) is 0.677. The van der Waals surface area contributed by atoms with E-state index in [1.54, 1.807) is 9.78 Å². The van der Waals surface area contributed by atoms with Crippen LogP contribution in [0.25, 0.3) is 15.7 Å². The van der Waals surface area contributed by atoms with Crippen LogP contribution in [0.3, 0.4) is 0 Å². The van der Waals surface area contributed by atoms with Crippen molar-refractivity contribution in [2.45, 2.75) is 6.61 Å². The predicted octanol–water partition coefficient (Wildman–Crippen LogP) is 3.24. The van der Waals surface area contributed by atoms with Gasteiger partial charge in [-0.25, -0.2) is 9.18 Å². The molecule has 0 aliphatic carbocycles. The van der Waals surface area contributed by atoms with Crippen LogP contribution in [0.5, 0.6) is 0 Å². The Morgan fingerprint density at radius 2 is 2.13 bits per heavy atom. The van der Waals surface area contributed by atoms with Crippen LogP contribution >= 0.6 is 22.9 Å². The minimum atomic E-state index is -0.768. The summed E-state index contributed by atoms with van der Waals surface area (Å²) in [5.74, 6) is -1.49. The number of aromatic nitrogens is 1. The van der Waals surface area contributed by atoms with Crippen molar-refractivity contribution in [3.8, 4) is 0 Å². The van der Waals surface area contributed by atoms with Gasteiger partial charge in [-0.1, -0.05) is 11.6 Å². The lowest BCUT2D eigenvalue weighted by molar-refractivity contribution is 0.0601. The first-order valence-electron chi connectivity index (χ1n) is 6.50. The molecule has 2 aromatic heterocycles. The molecule has 1 aromatic carbocycles. The van der Waals surface area contributed by atoms with Crippen LogP contribution in [-0.4, -0.2) is 24.6 Å². The molecule has 0 radical (unpaired) electrons. The van der Waals surface area contributed by atoms with E-state index in [1.807, 2.05) is 0 Å². The molecule has 0 atom stereocenters. The van der Waals surface area contributed by atoms with Crippen LogP contribution in [0.4, 0.5) is 4.39 Å². The molecular weight excluding hydrogens is 345 g/mol.